The number of hydrogen-bond acceptors (Lipinski definition) is 4. The fraction of sp³-hybridized carbons (Fsp3) is 0.800. The molecule has 3 nitrogen and oxygen atoms in total. The van der Waals surface area contributed by atoms with Gasteiger partial charge in [0.15, 0.2) is 0 Å². The molecule has 0 N–H and O–H groups in total. The van der Waals surface area contributed by atoms with E-state index in [0.717, 1.165) is 30.5 Å². The Hall–Kier alpha value is -0.160. The lowest BCUT2D eigenvalue weighted by Gasteiger charge is -2.33. The second-order valence-electron chi connectivity index (χ2n) is 4.07. The summed E-state index contributed by atoms with van der Waals surface area (Å²) in [5, 5.41) is 1.10. The number of aromatic nitrogens is 2. The summed E-state index contributed by atoms with van der Waals surface area (Å²) in [7, 11) is 0. The van der Waals surface area contributed by atoms with Gasteiger partial charge in [-0.15, -0.1) is 0 Å². The quantitative estimate of drug-likeness (QED) is 0.784. The SMILES string of the molecule is CCc1nsc(N2CCC(Br)C(C)C2)n1. The van der Waals surface area contributed by atoms with Gasteiger partial charge in [-0.2, -0.15) is 4.37 Å². The highest BCUT2D eigenvalue weighted by Crippen LogP contribution is 2.28. The molecule has 0 saturated carbocycles. The van der Waals surface area contributed by atoms with Crippen molar-refractivity contribution in [3.63, 3.8) is 0 Å². The standard InChI is InChI=1S/C10H16BrN3S/c1-3-9-12-10(15-13-9)14-5-4-8(11)7(2)6-14/h7-8H,3-6H2,1-2H3. The molecule has 0 spiro atoms. The summed E-state index contributed by atoms with van der Waals surface area (Å²) in [6.07, 6.45) is 2.13. The summed E-state index contributed by atoms with van der Waals surface area (Å²) >= 11 is 5.25. The summed E-state index contributed by atoms with van der Waals surface area (Å²) in [4.78, 5) is 7.55. The second-order valence-corrected chi connectivity index (χ2v) is 5.98. The third kappa shape index (κ3) is 2.50. The Bertz CT molecular complexity index is 328. The van der Waals surface area contributed by atoms with Crippen LogP contribution in [0.15, 0.2) is 0 Å². The number of anilines is 1. The first-order valence-corrected chi connectivity index (χ1v) is 7.11. The summed E-state index contributed by atoms with van der Waals surface area (Å²) in [6.45, 7) is 6.57. The van der Waals surface area contributed by atoms with E-state index in [9.17, 15) is 0 Å². The highest BCUT2D eigenvalue weighted by molar-refractivity contribution is 9.09. The fourth-order valence-corrected chi connectivity index (χ4v) is 2.96. The first kappa shape index (κ1) is 11.3. The van der Waals surface area contributed by atoms with Gasteiger partial charge in [0, 0.05) is 35.9 Å². The van der Waals surface area contributed by atoms with Crippen molar-refractivity contribution >= 4 is 32.6 Å². The van der Waals surface area contributed by atoms with Gasteiger partial charge < -0.3 is 4.90 Å². The van der Waals surface area contributed by atoms with E-state index >= 15 is 0 Å². The van der Waals surface area contributed by atoms with Gasteiger partial charge in [0.1, 0.15) is 5.82 Å². The van der Waals surface area contributed by atoms with Crippen LogP contribution in [0.25, 0.3) is 0 Å². The van der Waals surface area contributed by atoms with Gasteiger partial charge in [-0.3, -0.25) is 0 Å². The molecular weight excluding hydrogens is 274 g/mol. The Balaban J connectivity index is 2.05. The average molecular weight is 290 g/mol. The third-order valence-electron chi connectivity index (χ3n) is 2.84. The van der Waals surface area contributed by atoms with Crippen LogP contribution in [0.1, 0.15) is 26.1 Å². The zero-order valence-electron chi connectivity index (χ0n) is 9.11. The van der Waals surface area contributed by atoms with Crippen LogP contribution in [-0.2, 0) is 6.42 Å². The van der Waals surface area contributed by atoms with E-state index < -0.39 is 0 Å². The Kier molecular flexibility index (Phi) is 3.61. The molecule has 0 bridgehead atoms. The Labute approximate surface area is 103 Å². The van der Waals surface area contributed by atoms with Crippen molar-refractivity contribution in [3.8, 4) is 0 Å². The van der Waals surface area contributed by atoms with Crippen LogP contribution in [0.2, 0.25) is 0 Å². The Morgan fingerprint density at radius 2 is 2.40 bits per heavy atom. The Morgan fingerprint density at radius 1 is 1.60 bits per heavy atom. The number of halogens is 1. The molecule has 2 unspecified atom stereocenters. The van der Waals surface area contributed by atoms with Gasteiger partial charge in [-0.05, 0) is 12.3 Å². The predicted molar refractivity (Wildman–Crippen MR) is 68.0 cm³/mol. The number of nitrogens with zero attached hydrogens (tertiary/aromatic N) is 3. The molecule has 1 fully saturated rings. The number of aryl methyl sites for hydroxylation is 1. The van der Waals surface area contributed by atoms with E-state index in [2.05, 4.69) is 44.0 Å². The van der Waals surface area contributed by atoms with Crippen molar-refractivity contribution in [1.29, 1.82) is 0 Å². The molecular formula is C10H16BrN3S. The smallest absolute Gasteiger partial charge is 0.205 e. The molecule has 84 valence electrons. The zero-order valence-corrected chi connectivity index (χ0v) is 11.5. The minimum Gasteiger partial charge on any atom is -0.347 e. The molecule has 5 heteroatoms. The minimum absolute atomic E-state index is 0.660. The van der Waals surface area contributed by atoms with Crippen LogP contribution in [0.3, 0.4) is 0 Å². The summed E-state index contributed by atoms with van der Waals surface area (Å²) in [5.74, 6) is 1.66. The van der Waals surface area contributed by atoms with E-state index in [1.54, 1.807) is 0 Å². The molecule has 1 aliphatic rings. The molecule has 0 amide bonds. The fourth-order valence-electron chi connectivity index (χ4n) is 1.81. The van der Waals surface area contributed by atoms with E-state index in [0.29, 0.717) is 10.7 Å². The van der Waals surface area contributed by atoms with Crippen LogP contribution in [0.4, 0.5) is 5.13 Å². The maximum atomic E-state index is 4.53. The lowest BCUT2D eigenvalue weighted by molar-refractivity contribution is 0.465. The third-order valence-corrected chi connectivity index (χ3v) is 5.02. The Morgan fingerprint density at radius 3 is 3.00 bits per heavy atom. The second kappa shape index (κ2) is 4.78. The van der Waals surface area contributed by atoms with Crippen molar-refractivity contribution in [2.45, 2.75) is 31.5 Å². The summed E-state index contributed by atoms with van der Waals surface area (Å²) in [5.41, 5.74) is 0. The van der Waals surface area contributed by atoms with Gasteiger partial charge in [0.05, 0.1) is 0 Å². The maximum Gasteiger partial charge on any atom is 0.205 e. The van der Waals surface area contributed by atoms with Crippen LogP contribution < -0.4 is 4.90 Å². The van der Waals surface area contributed by atoms with Crippen LogP contribution in [0.5, 0.6) is 0 Å². The van der Waals surface area contributed by atoms with Crippen molar-refractivity contribution < 1.29 is 0 Å². The molecule has 2 rings (SSSR count). The van der Waals surface area contributed by atoms with E-state index in [-0.39, 0.29) is 0 Å². The maximum absolute atomic E-state index is 4.53. The largest absolute Gasteiger partial charge is 0.347 e. The highest BCUT2D eigenvalue weighted by atomic mass is 79.9. The van der Waals surface area contributed by atoms with Crippen molar-refractivity contribution in [3.05, 3.63) is 5.82 Å². The van der Waals surface area contributed by atoms with Gasteiger partial charge in [0.25, 0.3) is 0 Å². The molecule has 1 aromatic rings. The average Bonchev–Trinajstić information content (AvgIpc) is 2.70. The lowest BCUT2D eigenvalue weighted by Crippen LogP contribution is -2.39. The van der Waals surface area contributed by atoms with Crippen LogP contribution in [0, 0.1) is 5.92 Å². The highest BCUT2D eigenvalue weighted by Gasteiger charge is 2.25. The molecule has 0 radical (unpaired) electrons. The molecule has 1 saturated heterocycles. The van der Waals surface area contributed by atoms with Crippen molar-refractivity contribution in [2.75, 3.05) is 18.0 Å². The van der Waals surface area contributed by atoms with E-state index in [1.807, 2.05) is 0 Å². The van der Waals surface area contributed by atoms with Gasteiger partial charge in [-0.1, -0.05) is 29.8 Å². The van der Waals surface area contributed by atoms with Crippen molar-refractivity contribution in [1.82, 2.24) is 9.36 Å². The van der Waals surface area contributed by atoms with E-state index in [4.69, 9.17) is 0 Å². The predicted octanol–water partition coefficient (Wildman–Crippen LogP) is 2.71. The summed E-state index contributed by atoms with van der Waals surface area (Å²) in [6, 6.07) is 0. The number of rotatable bonds is 2. The molecule has 1 aliphatic heterocycles. The van der Waals surface area contributed by atoms with Crippen LogP contribution in [-0.4, -0.2) is 27.3 Å². The monoisotopic (exact) mass is 289 g/mol. The van der Waals surface area contributed by atoms with Crippen LogP contribution >= 0.6 is 27.5 Å². The first-order chi connectivity index (χ1) is 7.20. The number of piperidine rings is 1. The molecule has 0 aliphatic carbocycles. The van der Waals surface area contributed by atoms with Crippen molar-refractivity contribution in [2.24, 2.45) is 5.92 Å². The van der Waals surface area contributed by atoms with Gasteiger partial charge in [0.2, 0.25) is 5.13 Å². The zero-order chi connectivity index (χ0) is 10.8. The number of alkyl halides is 1. The first-order valence-electron chi connectivity index (χ1n) is 5.42. The normalized spacial score (nSPS) is 27.0. The minimum atomic E-state index is 0.660. The number of hydrogen-bond donors (Lipinski definition) is 0. The summed E-state index contributed by atoms with van der Waals surface area (Å²) < 4.78 is 4.33. The van der Waals surface area contributed by atoms with Gasteiger partial charge in [-0.25, -0.2) is 4.98 Å². The molecule has 0 aromatic carbocycles. The molecule has 2 heterocycles. The topological polar surface area (TPSA) is 29.0 Å². The van der Waals surface area contributed by atoms with Gasteiger partial charge >= 0.3 is 0 Å². The molecule has 1 aromatic heterocycles. The van der Waals surface area contributed by atoms with E-state index in [1.165, 1.54) is 18.0 Å². The molecule has 15 heavy (non-hydrogen) atoms. The lowest BCUT2D eigenvalue weighted by atomic mass is 10.0. The molecule has 2 atom stereocenters.